The van der Waals surface area contributed by atoms with Crippen molar-refractivity contribution in [2.24, 2.45) is 0 Å². The highest BCUT2D eigenvalue weighted by Gasteiger charge is 2.13. The number of methoxy groups -OCH3 is 1. The van der Waals surface area contributed by atoms with Gasteiger partial charge in [-0.15, -0.1) is 0 Å². The fraction of sp³-hybridized carbons (Fsp3) is 0.500. The van der Waals surface area contributed by atoms with E-state index >= 15 is 0 Å². The Morgan fingerprint density at radius 1 is 1.38 bits per heavy atom. The lowest BCUT2D eigenvalue weighted by Crippen LogP contribution is -2.42. The third-order valence-electron chi connectivity index (χ3n) is 2.91. The fourth-order valence-electron chi connectivity index (χ4n) is 1.97. The molecule has 0 atom stereocenters. The molecule has 1 fully saturated rings. The molecule has 0 aliphatic carbocycles. The maximum absolute atomic E-state index is 9.95. The third-order valence-corrected chi connectivity index (χ3v) is 2.91. The van der Waals surface area contributed by atoms with Gasteiger partial charge >= 0.3 is 0 Å². The molecule has 1 saturated heterocycles. The van der Waals surface area contributed by atoms with Gasteiger partial charge in [0.25, 0.3) is 0 Å². The molecule has 4 heteroatoms. The van der Waals surface area contributed by atoms with Crippen LogP contribution in [0.4, 0.5) is 0 Å². The van der Waals surface area contributed by atoms with Crippen LogP contribution in [0.25, 0.3) is 0 Å². The Bertz CT molecular complexity index is 349. The molecule has 1 aromatic rings. The first-order valence-corrected chi connectivity index (χ1v) is 5.59. The summed E-state index contributed by atoms with van der Waals surface area (Å²) >= 11 is 0. The highest BCUT2D eigenvalue weighted by atomic mass is 16.5. The van der Waals surface area contributed by atoms with Gasteiger partial charge in [0, 0.05) is 38.3 Å². The van der Waals surface area contributed by atoms with Gasteiger partial charge in [-0.3, -0.25) is 4.90 Å². The molecule has 1 heterocycles. The molecule has 0 aromatic heterocycles. The Labute approximate surface area is 95.8 Å². The van der Waals surface area contributed by atoms with Crippen molar-refractivity contribution in [3.63, 3.8) is 0 Å². The van der Waals surface area contributed by atoms with Crippen LogP contribution in [-0.4, -0.2) is 43.3 Å². The van der Waals surface area contributed by atoms with Crippen molar-refractivity contribution in [2.75, 3.05) is 33.3 Å². The van der Waals surface area contributed by atoms with Gasteiger partial charge in [-0.25, -0.2) is 0 Å². The molecule has 0 spiro atoms. The van der Waals surface area contributed by atoms with Crippen molar-refractivity contribution in [2.45, 2.75) is 6.54 Å². The average Bonchev–Trinajstić information content (AvgIpc) is 2.33. The molecule has 0 radical (unpaired) electrons. The Kier molecular flexibility index (Phi) is 3.64. The lowest BCUT2D eigenvalue weighted by Gasteiger charge is -2.27. The molecule has 0 saturated carbocycles. The zero-order chi connectivity index (χ0) is 11.4. The van der Waals surface area contributed by atoms with Crippen LogP contribution >= 0.6 is 0 Å². The summed E-state index contributed by atoms with van der Waals surface area (Å²) in [6, 6.07) is 5.63. The van der Waals surface area contributed by atoms with Crippen molar-refractivity contribution in [3.8, 4) is 11.5 Å². The van der Waals surface area contributed by atoms with Gasteiger partial charge in [0.05, 0.1) is 7.11 Å². The topological polar surface area (TPSA) is 44.7 Å². The van der Waals surface area contributed by atoms with E-state index in [1.165, 1.54) is 0 Å². The number of phenolic OH excluding ortho intramolecular Hbond substituents is 1. The highest BCUT2D eigenvalue weighted by molar-refractivity contribution is 5.45. The molecule has 2 rings (SSSR count). The van der Waals surface area contributed by atoms with Gasteiger partial charge in [0.15, 0.2) is 11.5 Å². The molecule has 88 valence electrons. The number of phenols is 1. The van der Waals surface area contributed by atoms with E-state index in [0.29, 0.717) is 5.75 Å². The molecule has 1 aliphatic heterocycles. The van der Waals surface area contributed by atoms with Crippen LogP contribution in [0.1, 0.15) is 5.56 Å². The van der Waals surface area contributed by atoms with Crippen LogP contribution in [0.2, 0.25) is 0 Å². The minimum absolute atomic E-state index is 0.267. The van der Waals surface area contributed by atoms with Crippen molar-refractivity contribution in [3.05, 3.63) is 23.8 Å². The van der Waals surface area contributed by atoms with Gasteiger partial charge in [-0.2, -0.15) is 0 Å². The summed E-state index contributed by atoms with van der Waals surface area (Å²) < 4.78 is 5.09. The van der Waals surface area contributed by atoms with Gasteiger partial charge in [0.1, 0.15) is 0 Å². The van der Waals surface area contributed by atoms with Gasteiger partial charge < -0.3 is 15.2 Å². The Hall–Kier alpha value is -1.26. The van der Waals surface area contributed by atoms with Crippen LogP contribution in [0.3, 0.4) is 0 Å². The van der Waals surface area contributed by atoms with Crippen molar-refractivity contribution in [1.82, 2.24) is 10.2 Å². The second-order valence-electron chi connectivity index (χ2n) is 3.99. The molecule has 1 aromatic carbocycles. The predicted molar refractivity (Wildman–Crippen MR) is 62.8 cm³/mol. The molecule has 0 unspecified atom stereocenters. The van der Waals surface area contributed by atoms with Crippen LogP contribution in [0.5, 0.6) is 11.5 Å². The number of hydrogen-bond acceptors (Lipinski definition) is 4. The van der Waals surface area contributed by atoms with E-state index in [9.17, 15) is 5.11 Å². The molecule has 1 aliphatic rings. The maximum Gasteiger partial charge on any atom is 0.162 e. The summed E-state index contributed by atoms with van der Waals surface area (Å²) in [5, 5.41) is 13.3. The number of nitrogens with one attached hydrogen (secondary N) is 1. The van der Waals surface area contributed by atoms with E-state index in [2.05, 4.69) is 10.2 Å². The molecular formula is C12H18N2O2. The first-order valence-electron chi connectivity index (χ1n) is 5.59. The zero-order valence-corrected chi connectivity index (χ0v) is 9.57. The Morgan fingerprint density at radius 2 is 2.12 bits per heavy atom. The molecular weight excluding hydrogens is 204 g/mol. The van der Waals surface area contributed by atoms with E-state index in [-0.39, 0.29) is 5.75 Å². The van der Waals surface area contributed by atoms with Gasteiger partial charge in [-0.05, 0) is 6.07 Å². The summed E-state index contributed by atoms with van der Waals surface area (Å²) in [6.07, 6.45) is 0. The minimum atomic E-state index is 0.267. The summed E-state index contributed by atoms with van der Waals surface area (Å²) in [5.74, 6) is 0.816. The first-order chi connectivity index (χ1) is 7.81. The van der Waals surface area contributed by atoms with Crippen molar-refractivity contribution < 1.29 is 9.84 Å². The second-order valence-corrected chi connectivity index (χ2v) is 3.99. The summed E-state index contributed by atoms with van der Waals surface area (Å²) in [4.78, 5) is 2.32. The van der Waals surface area contributed by atoms with Crippen molar-refractivity contribution in [1.29, 1.82) is 0 Å². The van der Waals surface area contributed by atoms with Crippen molar-refractivity contribution >= 4 is 0 Å². The number of aromatic hydroxyl groups is 1. The fourth-order valence-corrected chi connectivity index (χ4v) is 1.97. The molecule has 16 heavy (non-hydrogen) atoms. The molecule has 4 nitrogen and oxygen atoms in total. The predicted octanol–water partition coefficient (Wildman–Crippen LogP) is 0.806. The number of hydrogen-bond donors (Lipinski definition) is 2. The minimum Gasteiger partial charge on any atom is -0.504 e. The smallest absolute Gasteiger partial charge is 0.162 e. The summed E-state index contributed by atoms with van der Waals surface area (Å²) in [7, 11) is 1.57. The number of nitrogens with zero attached hydrogens (tertiary/aromatic N) is 1. The van der Waals surface area contributed by atoms with E-state index in [4.69, 9.17) is 4.74 Å². The maximum atomic E-state index is 9.95. The second kappa shape index (κ2) is 5.18. The molecule has 0 amide bonds. The van der Waals surface area contributed by atoms with E-state index in [1.807, 2.05) is 12.1 Å². The standard InChI is InChI=1S/C12H18N2O2/c1-16-11-4-2-3-10(12(11)15)9-14-7-5-13-6-8-14/h2-4,13,15H,5-9H2,1H3. The zero-order valence-electron chi connectivity index (χ0n) is 9.57. The molecule has 2 N–H and O–H groups in total. The number of para-hydroxylation sites is 1. The normalized spacial score (nSPS) is 17.3. The van der Waals surface area contributed by atoms with Crippen LogP contribution in [0, 0.1) is 0 Å². The van der Waals surface area contributed by atoms with Gasteiger partial charge in [0.2, 0.25) is 0 Å². The highest BCUT2D eigenvalue weighted by Crippen LogP contribution is 2.30. The summed E-state index contributed by atoms with van der Waals surface area (Å²) in [6.45, 7) is 4.87. The van der Waals surface area contributed by atoms with E-state index < -0.39 is 0 Å². The Balaban J connectivity index is 2.08. The largest absolute Gasteiger partial charge is 0.504 e. The van der Waals surface area contributed by atoms with Crippen LogP contribution < -0.4 is 10.1 Å². The number of ether oxygens (including phenoxy) is 1. The van der Waals surface area contributed by atoms with E-state index in [0.717, 1.165) is 38.3 Å². The molecule has 0 bridgehead atoms. The number of piperazine rings is 1. The van der Waals surface area contributed by atoms with Crippen LogP contribution in [-0.2, 0) is 6.54 Å². The summed E-state index contributed by atoms with van der Waals surface area (Å²) in [5.41, 5.74) is 0.932. The third kappa shape index (κ3) is 2.46. The van der Waals surface area contributed by atoms with Gasteiger partial charge in [-0.1, -0.05) is 12.1 Å². The monoisotopic (exact) mass is 222 g/mol. The number of benzene rings is 1. The Morgan fingerprint density at radius 3 is 2.81 bits per heavy atom. The van der Waals surface area contributed by atoms with Crippen LogP contribution in [0.15, 0.2) is 18.2 Å². The number of rotatable bonds is 3. The quantitative estimate of drug-likeness (QED) is 0.794. The lowest BCUT2D eigenvalue weighted by atomic mass is 10.1. The average molecular weight is 222 g/mol. The SMILES string of the molecule is COc1cccc(CN2CCNCC2)c1O. The lowest BCUT2D eigenvalue weighted by molar-refractivity contribution is 0.229. The van der Waals surface area contributed by atoms with E-state index in [1.54, 1.807) is 13.2 Å². The first kappa shape index (κ1) is 11.2.